The second kappa shape index (κ2) is 17.3. The standard InChI is InChI=1S/C37H27N7O15S3/c45-19-23-14-31(42-43-36-35(62(57,58)59)15-22-13-25(8-12-29(22)37(36)48)39-38-24-6-10-28(46)11-7-24)32(47)18-30(23)41-40-26-5-3-20(33(16-26)60(51,52)53)1-2-21-4-9-27(44(49)50)17-34(21)61(54,55)56/h1-18,45-48H,19H2,(H,51,52,53)(H,54,55,56)(H,57,58,59)/b2-1+,39-38?,41-40?,43-42?. The van der Waals surface area contributed by atoms with Crippen LogP contribution in [0.2, 0.25) is 0 Å². The average Bonchev–Trinajstić information content (AvgIpc) is 3.20. The molecule has 6 aromatic carbocycles. The number of aromatic hydroxyl groups is 3. The van der Waals surface area contributed by atoms with Gasteiger partial charge in [-0.15, -0.1) is 10.2 Å². The van der Waals surface area contributed by atoms with Gasteiger partial charge in [-0.3, -0.25) is 23.8 Å². The summed E-state index contributed by atoms with van der Waals surface area (Å²) in [6, 6.07) is 18.7. The molecule has 318 valence electrons. The van der Waals surface area contributed by atoms with Gasteiger partial charge in [0.15, 0.2) is 5.75 Å². The minimum atomic E-state index is -5.06. The number of nitro benzene ring substituents is 1. The highest BCUT2D eigenvalue weighted by Crippen LogP contribution is 2.44. The van der Waals surface area contributed by atoms with Gasteiger partial charge in [-0.05, 0) is 89.3 Å². The van der Waals surface area contributed by atoms with E-state index in [-0.39, 0.29) is 56.0 Å². The molecular weight excluding hydrogens is 879 g/mol. The lowest BCUT2D eigenvalue weighted by Crippen LogP contribution is -2.02. The predicted octanol–water partition coefficient (Wildman–Crippen LogP) is 8.51. The van der Waals surface area contributed by atoms with Crippen LogP contribution in [0, 0.1) is 10.1 Å². The first-order valence-corrected chi connectivity index (χ1v) is 21.3. The summed E-state index contributed by atoms with van der Waals surface area (Å²) >= 11 is 0. The quantitative estimate of drug-likeness (QED) is 0.0188. The van der Waals surface area contributed by atoms with Crippen molar-refractivity contribution in [3.8, 4) is 17.2 Å². The van der Waals surface area contributed by atoms with E-state index in [1.807, 2.05) is 0 Å². The van der Waals surface area contributed by atoms with Crippen molar-refractivity contribution in [3.05, 3.63) is 124 Å². The molecule has 0 aliphatic carbocycles. The molecule has 0 saturated heterocycles. The zero-order valence-electron chi connectivity index (χ0n) is 30.9. The average molecular weight is 906 g/mol. The Hall–Kier alpha value is -7.39. The minimum absolute atomic E-state index is 0.0166. The van der Waals surface area contributed by atoms with E-state index in [0.717, 1.165) is 54.6 Å². The fourth-order valence-corrected chi connectivity index (χ4v) is 7.64. The Morgan fingerprint density at radius 3 is 1.71 bits per heavy atom. The van der Waals surface area contributed by atoms with Crippen molar-refractivity contribution >= 4 is 93.1 Å². The van der Waals surface area contributed by atoms with E-state index in [2.05, 4.69) is 30.7 Å². The first kappa shape index (κ1) is 44.2. The molecule has 62 heavy (non-hydrogen) atoms. The van der Waals surface area contributed by atoms with E-state index < -0.39 is 79.4 Å². The number of hydrogen-bond acceptors (Lipinski definition) is 18. The van der Waals surface area contributed by atoms with E-state index in [0.29, 0.717) is 11.8 Å². The normalized spacial score (nSPS) is 12.7. The summed E-state index contributed by atoms with van der Waals surface area (Å²) in [5.74, 6) is -1.37. The van der Waals surface area contributed by atoms with Crippen LogP contribution in [0.25, 0.3) is 22.9 Å². The number of aliphatic hydroxyl groups is 1. The summed E-state index contributed by atoms with van der Waals surface area (Å²) in [5.41, 5.74) is -2.07. The van der Waals surface area contributed by atoms with Crippen molar-refractivity contribution in [2.75, 3.05) is 0 Å². The molecule has 0 fully saturated rings. The Kier molecular flexibility index (Phi) is 12.3. The number of fused-ring (bicyclic) bond motifs is 1. The van der Waals surface area contributed by atoms with Crippen LogP contribution in [0.15, 0.2) is 142 Å². The zero-order valence-corrected chi connectivity index (χ0v) is 33.3. The van der Waals surface area contributed by atoms with E-state index in [9.17, 15) is 69.5 Å². The van der Waals surface area contributed by atoms with E-state index >= 15 is 0 Å². The SMILES string of the molecule is O=[N+]([O-])c1ccc(/C=C/c2ccc(N=Nc3cc(O)c(N=Nc4c(S(=O)(=O)O)cc5cc(N=Nc6ccc(O)cc6)ccc5c4O)cc3CO)cc2S(=O)(=O)O)c(S(=O)(=O)O)c1. The smallest absolute Gasteiger partial charge is 0.296 e. The third kappa shape index (κ3) is 10.1. The Bertz CT molecular complexity index is 3270. The molecule has 0 radical (unpaired) electrons. The summed E-state index contributed by atoms with van der Waals surface area (Å²) < 4.78 is 103. The van der Waals surface area contributed by atoms with Crippen LogP contribution in [-0.2, 0) is 37.0 Å². The number of phenolic OH excluding ortho intramolecular Hbond substituents is 3. The largest absolute Gasteiger partial charge is 0.508 e. The highest BCUT2D eigenvalue weighted by Gasteiger charge is 2.23. The van der Waals surface area contributed by atoms with Gasteiger partial charge in [0.05, 0.1) is 34.3 Å². The summed E-state index contributed by atoms with van der Waals surface area (Å²) in [6.45, 7) is -0.755. The van der Waals surface area contributed by atoms with E-state index in [4.69, 9.17) is 0 Å². The maximum absolute atomic E-state index is 12.4. The van der Waals surface area contributed by atoms with Gasteiger partial charge in [0, 0.05) is 29.1 Å². The number of aliphatic hydroxyl groups excluding tert-OH is 1. The minimum Gasteiger partial charge on any atom is -0.508 e. The van der Waals surface area contributed by atoms with Crippen molar-refractivity contribution in [2.24, 2.45) is 30.7 Å². The Balaban J connectivity index is 1.30. The molecule has 0 atom stereocenters. The molecule has 0 heterocycles. The number of hydrogen-bond donors (Lipinski definition) is 7. The fourth-order valence-electron chi connectivity index (χ4n) is 5.58. The summed E-state index contributed by atoms with van der Waals surface area (Å²) in [7, 11) is -15.0. The van der Waals surface area contributed by atoms with Crippen LogP contribution in [0.1, 0.15) is 16.7 Å². The topological polar surface area (TPSA) is 361 Å². The van der Waals surface area contributed by atoms with E-state index in [1.54, 1.807) is 0 Å². The van der Waals surface area contributed by atoms with Crippen LogP contribution < -0.4 is 0 Å². The molecule has 7 N–H and O–H groups in total. The zero-order chi connectivity index (χ0) is 45.1. The van der Waals surface area contributed by atoms with Gasteiger partial charge in [0.2, 0.25) is 0 Å². The molecule has 0 aromatic heterocycles. The lowest BCUT2D eigenvalue weighted by Gasteiger charge is -2.10. The van der Waals surface area contributed by atoms with Gasteiger partial charge in [-0.2, -0.15) is 45.7 Å². The van der Waals surface area contributed by atoms with Crippen molar-refractivity contribution in [1.29, 1.82) is 0 Å². The fraction of sp³-hybridized carbons (Fsp3) is 0.0270. The highest BCUT2D eigenvalue weighted by atomic mass is 32.2. The lowest BCUT2D eigenvalue weighted by atomic mass is 10.1. The summed E-state index contributed by atoms with van der Waals surface area (Å²) in [4.78, 5) is 7.74. The van der Waals surface area contributed by atoms with Gasteiger partial charge in [-0.1, -0.05) is 18.2 Å². The van der Waals surface area contributed by atoms with Gasteiger partial charge in [0.25, 0.3) is 36.0 Å². The molecule has 0 bridgehead atoms. The van der Waals surface area contributed by atoms with Crippen molar-refractivity contribution in [3.63, 3.8) is 0 Å². The molecule has 0 saturated carbocycles. The second-order valence-corrected chi connectivity index (χ2v) is 16.9. The molecule has 25 heteroatoms. The maximum atomic E-state index is 12.4. The van der Waals surface area contributed by atoms with Crippen molar-refractivity contribution in [2.45, 2.75) is 21.3 Å². The Morgan fingerprint density at radius 1 is 0.565 bits per heavy atom. The van der Waals surface area contributed by atoms with Crippen molar-refractivity contribution < 1.29 is 64.3 Å². The summed E-state index contributed by atoms with van der Waals surface area (Å²) in [5, 5.41) is 76.2. The number of rotatable bonds is 13. The summed E-state index contributed by atoms with van der Waals surface area (Å²) in [6.07, 6.45) is 2.06. The Morgan fingerprint density at radius 2 is 1.10 bits per heavy atom. The second-order valence-electron chi connectivity index (χ2n) is 12.7. The van der Waals surface area contributed by atoms with Crippen LogP contribution >= 0.6 is 0 Å². The van der Waals surface area contributed by atoms with E-state index in [1.165, 1.54) is 48.5 Å². The first-order chi connectivity index (χ1) is 29.1. The number of nitrogens with zero attached hydrogens (tertiary/aromatic N) is 7. The molecule has 0 aliphatic rings. The molecular formula is C37H27N7O15S3. The van der Waals surface area contributed by atoms with Gasteiger partial charge in [-0.25, -0.2) is 0 Å². The number of azo groups is 3. The predicted molar refractivity (Wildman–Crippen MR) is 218 cm³/mol. The first-order valence-electron chi connectivity index (χ1n) is 17.0. The highest BCUT2D eigenvalue weighted by molar-refractivity contribution is 7.86. The number of non-ortho nitro benzene ring substituents is 1. The number of nitro groups is 1. The van der Waals surface area contributed by atoms with Crippen LogP contribution in [0.5, 0.6) is 17.2 Å². The lowest BCUT2D eigenvalue weighted by molar-refractivity contribution is -0.385. The van der Waals surface area contributed by atoms with Crippen LogP contribution in [-0.4, -0.2) is 64.3 Å². The maximum Gasteiger partial charge on any atom is 0.296 e. The number of phenols is 3. The monoisotopic (exact) mass is 905 g/mol. The van der Waals surface area contributed by atoms with Crippen LogP contribution in [0.4, 0.5) is 39.8 Å². The molecule has 0 aliphatic heterocycles. The number of benzene rings is 6. The third-order valence-electron chi connectivity index (χ3n) is 8.52. The molecule has 0 spiro atoms. The molecule has 0 unspecified atom stereocenters. The Labute approximate surface area is 349 Å². The molecule has 6 aromatic rings. The molecule has 22 nitrogen and oxygen atoms in total. The third-order valence-corrected chi connectivity index (χ3v) is 11.2. The van der Waals surface area contributed by atoms with Gasteiger partial charge >= 0.3 is 0 Å². The van der Waals surface area contributed by atoms with Gasteiger partial charge in [0.1, 0.15) is 37.6 Å². The molecule has 0 amide bonds. The van der Waals surface area contributed by atoms with Gasteiger partial charge < -0.3 is 20.4 Å². The van der Waals surface area contributed by atoms with Crippen LogP contribution in [0.3, 0.4) is 0 Å². The van der Waals surface area contributed by atoms with Crippen molar-refractivity contribution in [1.82, 2.24) is 0 Å². The molecule has 6 rings (SSSR count).